The number of hydrogen-bond acceptors (Lipinski definition) is 17. The van der Waals surface area contributed by atoms with Crippen LogP contribution >= 0.6 is 0 Å². The number of fused-ring (bicyclic) bond motifs is 5. The van der Waals surface area contributed by atoms with Gasteiger partial charge >= 0.3 is 5.97 Å². The van der Waals surface area contributed by atoms with Gasteiger partial charge in [-0.05, 0) is 97.4 Å². The van der Waals surface area contributed by atoms with E-state index in [1.54, 1.807) is 0 Å². The molecule has 4 aliphatic carbocycles. The van der Waals surface area contributed by atoms with Gasteiger partial charge in [0.15, 0.2) is 12.6 Å². The summed E-state index contributed by atoms with van der Waals surface area (Å²) in [6.07, 6.45) is -8.23. The molecule has 21 atom stereocenters. The standard InChI is InChI=1S/C46H72O17/c1-22(23(2)47)10-15-46(41(57)63-40-37(56)34(53)33(52)27(61-40)21-60-38-35(54)31(50)25(48)19-58-38)17-16-44(6)24(18-46)8-9-29-43(5)13-12-30(42(3,4)28(43)11-14-45(29,44)7)62-39-36(55)32(51)26(49)20-59-39/h8-9,18,22,25-40,48-56H,10-17,19-21H2,1-7H3. The number of ether oxygens (including phenoxy) is 6. The van der Waals surface area contributed by atoms with E-state index in [1.807, 2.05) is 13.0 Å². The molecule has 3 heterocycles. The third-order valence-electron chi connectivity index (χ3n) is 17.3. The molecule has 0 spiro atoms. The monoisotopic (exact) mass is 896 g/mol. The summed E-state index contributed by atoms with van der Waals surface area (Å²) in [7, 11) is 0. The minimum atomic E-state index is -1.84. The smallest absolute Gasteiger partial charge is 0.318 e. The zero-order valence-corrected chi connectivity index (χ0v) is 37.6. The van der Waals surface area contributed by atoms with Gasteiger partial charge in [-0.1, -0.05) is 59.8 Å². The number of hydrogen-bond donors (Lipinski definition) is 9. The Balaban J connectivity index is 1.12. The third-order valence-corrected chi connectivity index (χ3v) is 17.3. The Morgan fingerprint density at radius 3 is 2.03 bits per heavy atom. The normalized spacial score (nSPS) is 50.0. The lowest BCUT2D eigenvalue weighted by molar-refractivity contribution is -0.316. The van der Waals surface area contributed by atoms with Crippen molar-refractivity contribution in [3.05, 3.63) is 23.8 Å². The molecule has 5 fully saturated rings. The summed E-state index contributed by atoms with van der Waals surface area (Å²) < 4.78 is 34.8. The average molecular weight is 897 g/mol. The van der Waals surface area contributed by atoms with Crippen LogP contribution in [0.1, 0.15) is 99.8 Å². The van der Waals surface area contributed by atoms with Gasteiger partial charge in [0.2, 0.25) is 6.29 Å². The quantitative estimate of drug-likeness (QED) is 0.102. The van der Waals surface area contributed by atoms with Gasteiger partial charge in [0, 0.05) is 5.92 Å². The fourth-order valence-corrected chi connectivity index (χ4v) is 12.6. The van der Waals surface area contributed by atoms with Gasteiger partial charge in [0.25, 0.3) is 0 Å². The highest BCUT2D eigenvalue weighted by Gasteiger charge is 2.67. The molecular formula is C46H72O17. The molecule has 17 heteroatoms. The number of rotatable bonds is 11. The summed E-state index contributed by atoms with van der Waals surface area (Å²) in [5.74, 6) is -0.699. The lowest BCUT2D eigenvalue weighted by Crippen LogP contribution is -2.64. The van der Waals surface area contributed by atoms with Crippen molar-refractivity contribution in [1.82, 2.24) is 0 Å². The summed E-state index contributed by atoms with van der Waals surface area (Å²) in [6.45, 7) is 13.8. The topological polar surface area (TPSA) is 272 Å². The van der Waals surface area contributed by atoms with Crippen LogP contribution in [0.2, 0.25) is 0 Å². The van der Waals surface area contributed by atoms with Gasteiger partial charge in [0.1, 0.15) is 66.8 Å². The van der Waals surface area contributed by atoms with Crippen LogP contribution in [0, 0.1) is 44.8 Å². The molecule has 17 nitrogen and oxygen atoms in total. The van der Waals surface area contributed by atoms with Crippen LogP contribution in [0.15, 0.2) is 23.8 Å². The first-order valence-electron chi connectivity index (χ1n) is 22.8. The first-order chi connectivity index (χ1) is 29.4. The van der Waals surface area contributed by atoms with Crippen LogP contribution < -0.4 is 0 Å². The Hall–Kier alpha value is -1.94. The van der Waals surface area contributed by atoms with E-state index in [9.17, 15) is 55.5 Å². The molecule has 0 aromatic carbocycles. The van der Waals surface area contributed by atoms with E-state index >= 15 is 0 Å². The van der Waals surface area contributed by atoms with Crippen molar-refractivity contribution in [2.75, 3.05) is 19.8 Å². The Morgan fingerprint density at radius 1 is 0.762 bits per heavy atom. The first-order valence-corrected chi connectivity index (χ1v) is 22.8. The summed E-state index contributed by atoms with van der Waals surface area (Å²) in [5, 5.41) is 94.0. The zero-order chi connectivity index (χ0) is 46.2. The molecule has 9 N–H and O–H groups in total. The average Bonchev–Trinajstić information content (AvgIpc) is 3.23. The number of aliphatic hydroxyl groups is 9. The second-order valence-corrected chi connectivity index (χ2v) is 21.2. The number of Topliss-reactive ketones (excluding diaryl/α,β-unsaturated/α-hetero) is 1. The second-order valence-electron chi connectivity index (χ2n) is 21.2. The van der Waals surface area contributed by atoms with Crippen LogP contribution in [0.5, 0.6) is 0 Å². The highest BCUT2D eigenvalue weighted by atomic mass is 16.7. The number of ketones is 1. The second kappa shape index (κ2) is 17.9. The molecule has 358 valence electrons. The molecule has 21 unspecified atom stereocenters. The summed E-state index contributed by atoms with van der Waals surface area (Å²) in [6, 6.07) is 0. The van der Waals surface area contributed by atoms with Crippen LogP contribution in [0.25, 0.3) is 0 Å². The van der Waals surface area contributed by atoms with Gasteiger partial charge in [-0.3, -0.25) is 9.59 Å². The third kappa shape index (κ3) is 8.42. The maximum Gasteiger partial charge on any atom is 0.318 e. The molecule has 0 aromatic heterocycles. The molecule has 0 amide bonds. The SMILES string of the molecule is CC(=O)C(C)CCC1(C(=O)OC2OC(COC3OCC(O)C(O)C3O)C(O)C(O)C2O)C=C2C=CC3C4(C)CCC(OC5OCC(O)C(O)C5O)C(C)(C)C4CCC3(C)C2(C)CC1. The Kier molecular flexibility index (Phi) is 13.9. The molecular weight excluding hydrogens is 824 g/mol. The van der Waals surface area contributed by atoms with Gasteiger partial charge < -0.3 is 74.4 Å². The van der Waals surface area contributed by atoms with Gasteiger partial charge in [-0.25, -0.2) is 0 Å². The van der Waals surface area contributed by atoms with E-state index in [2.05, 4.69) is 46.8 Å². The summed E-state index contributed by atoms with van der Waals surface area (Å²) in [5.41, 5.74) is -1.34. The minimum absolute atomic E-state index is 0.0216. The molecule has 0 bridgehead atoms. The highest BCUT2D eigenvalue weighted by Crippen LogP contribution is 2.73. The number of esters is 1. The van der Waals surface area contributed by atoms with Crippen molar-refractivity contribution in [3.63, 3.8) is 0 Å². The van der Waals surface area contributed by atoms with Crippen molar-refractivity contribution in [2.24, 2.45) is 44.8 Å². The fraction of sp³-hybridized carbons (Fsp3) is 0.870. The van der Waals surface area contributed by atoms with Gasteiger partial charge in [-0.2, -0.15) is 0 Å². The van der Waals surface area contributed by atoms with E-state index in [-0.39, 0.29) is 70.9 Å². The van der Waals surface area contributed by atoms with Crippen LogP contribution in [-0.2, 0) is 38.0 Å². The molecule has 0 aromatic rings. The van der Waals surface area contributed by atoms with E-state index < -0.39 is 97.9 Å². The number of allylic oxidation sites excluding steroid dienone is 3. The Bertz CT molecular complexity index is 1740. The summed E-state index contributed by atoms with van der Waals surface area (Å²) in [4.78, 5) is 27.2. The molecule has 7 aliphatic rings. The van der Waals surface area contributed by atoms with Crippen molar-refractivity contribution in [1.29, 1.82) is 0 Å². The lowest BCUT2D eigenvalue weighted by Gasteiger charge is -2.69. The summed E-state index contributed by atoms with van der Waals surface area (Å²) >= 11 is 0. The van der Waals surface area contributed by atoms with Crippen molar-refractivity contribution in [3.8, 4) is 0 Å². The number of carbonyl (C=O) groups excluding carboxylic acids is 2. The van der Waals surface area contributed by atoms with Crippen molar-refractivity contribution >= 4 is 11.8 Å². The molecule has 0 radical (unpaired) electrons. The Labute approximate surface area is 369 Å². The molecule has 7 rings (SSSR count). The number of aliphatic hydroxyl groups excluding tert-OH is 9. The van der Waals surface area contributed by atoms with E-state index in [0.29, 0.717) is 25.7 Å². The predicted molar refractivity (Wildman–Crippen MR) is 221 cm³/mol. The van der Waals surface area contributed by atoms with Crippen LogP contribution in [0.4, 0.5) is 0 Å². The van der Waals surface area contributed by atoms with Gasteiger partial charge in [0.05, 0.1) is 31.3 Å². The highest BCUT2D eigenvalue weighted by molar-refractivity contribution is 5.81. The van der Waals surface area contributed by atoms with E-state index in [4.69, 9.17) is 28.4 Å². The first kappa shape index (κ1) is 49.0. The van der Waals surface area contributed by atoms with Crippen LogP contribution in [-0.4, -0.2) is 164 Å². The molecule has 63 heavy (non-hydrogen) atoms. The zero-order valence-electron chi connectivity index (χ0n) is 37.6. The Morgan fingerprint density at radius 2 is 1.38 bits per heavy atom. The van der Waals surface area contributed by atoms with Crippen molar-refractivity contribution < 1.29 is 84.0 Å². The molecule has 2 saturated carbocycles. The fourth-order valence-electron chi connectivity index (χ4n) is 12.6. The van der Waals surface area contributed by atoms with Crippen LogP contribution in [0.3, 0.4) is 0 Å². The molecule has 3 aliphatic heterocycles. The van der Waals surface area contributed by atoms with Crippen molar-refractivity contribution in [2.45, 2.75) is 186 Å². The lowest BCUT2D eigenvalue weighted by atomic mass is 9.36. The maximum atomic E-state index is 14.7. The van der Waals surface area contributed by atoms with Gasteiger partial charge in [-0.15, -0.1) is 0 Å². The number of carbonyl (C=O) groups is 2. The van der Waals surface area contributed by atoms with E-state index in [1.165, 1.54) is 6.92 Å². The predicted octanol–water partition coefficient (Wildman–Crippen LogP) is 0.764. The largest absolute Gasteiger partial charge is 0.432 e. The maximum absolute atomic E-state index is 14.7. The molecule has 3 saturated heterocycles. The van der Waals surface area contributed by atoms with E-state index in [0.717, 1.165) is 24.8 Å². The minimum Gasteiger partial charge on any atom is -0.432 e.